The average Bonchev–Trinajstić information content (AvgIpc) is 3.12. The number of pyridine rings is 2. The molecule has 0 spiro atoms. The Morgan fingerprint density at radius 2 is 2.10 bits per heavy atom. The van der Waals surface area contributed by atoms with Crippen LogP contribution < -0.4 is 5.56 Å². The first-order valence-corrected chi connectivity index (χ1v) is 10.1. The number of aliphatic hydroxyl groups is 2. The van der Waals surface area contributed by atoms with E-state index in [-0.39, 0.29) is 36.3 Å². The third-order valence-corrected chi connectivity index (χ3v) is 6.20. The standard InChI is InChI=1S/C23H20N2O6/c1-3-23(30)16-8-18-19-12(9-25(18)21(28)15(16)10-31-22(23)29)7-14-13(20(27)11(2)26)5-4-6-17(14)24-19/h4-8,11,26,30H,3,9-10H2,1-2H3/t11?,23-/m0/s1. The van der Waals surface area contributed by atoms with Crippen LogP contribution in [-0.2, 0) is 28.3 Å². The number of nitrogens with zero attached hydrogens (tertiary/aromatic N) is 2. The highest BCUT2D eigenvalue weighted by Gasteiger charge is 2.45. The lowest BCUT2D eigenvalue weighted by atomic mass is 9.86. The summed E-state index contributed by atoms with van der Waals surface area (Å²) in [4.78, 5) is 42.6. The van der Waals surface area contributed by atoms with Crippen molar-refractivity contribution < 1.29 is 24.5 Å². The van der Waals surface area contributed by atoms with E-state index in [0.29, 0.717) is 27.9 Å². The van der Waals surface area contributed by atoms with Crippen molar-refractivity contribution in [2.24, 2.45) is 0 Å². The Labute approximate surface area is 176 Å². The number of Topliss-reactive ketones (excluding diaryl/α,β-unsaturated/α-hetero) is 1. The minimum absolute atomic E-state index is 0.0740. The highest BCUT2D eigenvalue weighted by atomic mass is 16.6. The minimum Gasteiger partial charge on any atom is -0.458 e. The molecule has 2 aliphatic rings. The first kappa shape index (κ1) is 19.6. The quantitative estimate of drug-likeness (QED) is 0.382. The first-order chi connectivity index (χ1) is 14.8. The molecule has 0 amide bonds. The van der Waals surface area contributed by atoms with Crippen molar-refractivity contribution in [3.05, 3.63) is 62.9 Å². The number of cyclic esters (lactones) is 1. The number of fused-ring (bicyclic) bond motifs is 5. The highest BCUT2D eigenvalue weighted by Crippen LogP contribution is 2.38. The molecule has 2 aromatic heterocycles. The number of carbonyl (C=O) groups excluding carboxylic acids is 2. The summed E-state index contributed by atoms with van der Waals surface area (Å²) in [7, 11) is 0. The van der Waals surface area contributed by atoms with E-state index in [9.17, 15) is 24.6 Å². The number of benzene rings is 1. The number of aromatic nitrogens is 2. The van der Waals surface area contributed by atoms with E-state index in [1.54, 1.807) is 35.8 Å². The Morgan fingerprint density at radius 3 is 2.81 bits per heavy atom. The summed E-state index contributed by atoms with van der Waals surface area (Å²) in [5, 5.41) is 21.3. The van der Waals surface area contributed by atoms with Gasteiger partial charge in [-0.2, -0.15) is 0 Å². The van der Waals surface area contributed by atoms with E-state index in [1.807, 2.05) is 6.07 Å². The fraction of sp³-hybridized carbons (Fsp3) is 0.304. The lowest BCUT2D eigenvalue weighted by molar-refractivity contribution is -0.172. The Bertz CT molecular complexity index is 1360. The Morgan fingerprint density at radius 1 is 1.32 bits per heavy atom. The van der Waals surface area contributed by atoms with E-state index in [1.165, 1.54) is 6.92 Å². The zero-order valence-electron chi connectivity index (χ0n) is 17.0. The summed E-state index contributed by atoms with van der Waals surface area (Å²) in [5.74, 6) is -1.17. The molecule has 2 atom stereocenters. The van der Waals surface area contributed by atoms with Crippen LogP contribution in [0.1, 0.15) is 47.3 Å². The van der Waals surface area contributed by atoms with Gasteiger partial charge in [-0.05, 0) is 31.5 Å². The predicted octanol–water partition coefficient (Wildman–Crippen LogP) is 1.64. The van der Waals surface area contributed by atoms with Gasteiger partial charge < -0.3 is 19.5 Å². The van der Waals surface area contributed by atoms with Crippen LogP contribution in [0.5, 0.6) is 0 Å². The van der Waals surface area contributed by atoms with Gasteiger partial charge in [-0.1, -0.05) is 19.1 Å². The number of carbonyl (C=O) groups is 2. The number of ether oxygens (including phenoxy) is 1. The molecule has 0 aliphatic carbocycles. The van der Waals surface area contributed by atoms with Crippen LogP contribution in [-0.4, -0.2) is 37.6 Å². The van der Waals surface area contributed by atoms with Crippen LogP contribution in [0.2, 0.25) is 0 Å². The molecule has 0 saturated heterocycles. The van der Waals surface area contributed by atoms with Crippen molar-refractivity contribution in [1.29, 1.82) is 0 Å². The molecule has 0 radical (unpaired) electrons. The topological polar surface area (TPSA) is 119 Å². The second-order valence-corrected chi connectivity index (χ2v) is 8.01. The summed E-state index contributed by atoms with van der Waals surface area (Å²) < 4.78 is 6.62. The number of hydrogen-bond donors (Lipinski definition) is 2. The molecule has 158 valence electrons. The minimum atomic E-state index is -1.88. The van der Waals surface area contributed by atoms with Gasteiger partial charge in [-0.15, -0.1) is 0 Å². The lowest BCUT2D eigenvalue weighted by Crippen LogP contribution is -2.44. The van der Waals surface area contributed by atoms with Gasteiger partial charge in [-0.3, -0.25) is 9.59 Å². The van der Waals surface area contributed by atoms with E-state index >= 15 is 0 Å². The number of rotatable bonds is 3. The molecule has 3 aromatic rings. The molecule has 31 heavy (non-hydrogen) atoms. The van der Waals surface area contributed by atoms with Crippen LogP contribution in [0.3, 0.4) is 0 Å². The molecule has 4 heterocycles. The summed E-state index contributed by atoms with van der Waals surface area (Å²) in [5.41, 5.74) is 1.03. The third kappa shape index (κ3) is 2.62. The maximum Gasteiger partial charge on any atom is 0.343 e. The second-order valence-electron chi connectivity index (χ2n) is 8.01. The highest BCUT2D eigenvalue weighted by molar-refractivity contribution is 6.09. The lowest BCUT2D eigenvalue weighted by Gasteiger charge is -2.31. The maximum absolute atomic E-state index is 13.2. The zero-order valence-corrected chi connectivity index (χ0v) is 17.0. The van der Waals surface area contributed by atoms with Crippen molar-refractivity contribution in [3.63, 3.8) is 0 Å². The summed E-state index contributed by atoms with van der Waals surface area (Å²) >= 11 is 0. The van der Waals surface area contributed by atoms with Crippen LogP contribution >= 0.6 is 0 Å². The Kier molecular flexibility index (Phi) is 4.15. The average molecular weight is 420 g/mol. The van der Waals surface area contributed by atoms with Crippen molar-refractivity contribution in [2.75, 3.05) is 0 Å². The summed E-state index contributed by atoms with van der Waals surface area (Å²) in [6, 6.07) is 8.55. The number of esters is 1. The van der Waals surface area contributed by atoms with Gasteiger partial charge in [0.1, 0.15) is 12.7 Å². The normalized spacial score (nSPS) is 20.1. The van der Waals surface area contributed by atoms with E-state index < -0.39 is 23.5 Å². The van der Waals surface area contributed by atoms with Gasteiger partial charge in [0.15, 0.2) is 11.4 Å². The van der Waals surface area contributed by atoms with Gasteiger partial charge in [0.25, 0.3) is 5.56 Å². The van der Waals surface area contributed by atoms with Gasteiger partial charge in [-0.25, -0.2) is 9.78 Å². The van der Waals surface area contributed by atoms with Crippen LogP contribution in [0, 0.1) is 0 Å². The van der Waals surface area contributed by atoms with E-state index in [2.05, 4.69) is 0 Å². The molecule has 1 aromatic carbocycles. The molecule has 1 unspecified atom stereocenters. The van der Waals surface area contributed by atoms with Gasteiger partial charge >= 0.3 is 5.97 Å². The fourth-order valence-electron chi connectivity index (χ4n) is 4.44. The van der Waals surface area contributed by atoms with Gasteiger partial charge in [0.2, 0.25) is 0 Å². The zero-order chi connectivity index (χ0) is 22.1. The van der Waals surface area contributed by atoms with Crippen molar-refractivity contribution in [1.82, 2.24) is 9.55 Å². The number of hydrogen-bond acceptors (Lipinski definition) is 7. The molecular formula is C23H20N2O6. The first-order valence-electron chi connectivity index (χ1n) is 10.1. The van der Waals surface area contributed by atoms with Gasteiger partial charge in [0.05, 0.1) is 29.0 Å². The third-order valence-electron chi connectivity index (χ3n) is 6.20. The van der Waals surface area contributed by atoms with Crippen molar-refractivity contribution in [3.8, 4) is 11.4 Å². The van der Waals surface area contributed by atoms with Crippen molar-refractivity contribution >= 4 is 22.7 Å². The second kappa shape index (κ2) is 6.57. The van der Waals surface area contributed by atoms with E-state index in [4.69, 9.17) is 9.72 Å². The molecular weight excluding hydrogens is 400 g/mol. The SMILES string of the molecule is CC[C@@]1(O)C(=O)OCc2c1cc1n(c2=O)Cc2cc3c(C(=O)C(C)O)cccc3nc2-1. The van der Waals surface area contributed by atoms with Crippen LogP contribution in [0.4, 0.5) is 0 Å². The Hall–Kier alpha value is -3.36. The molecule has 2 aliphatic heterocycles. The maximum atomic E-state index is 13.2. The summed E-state index contributed by atoms with van der Waals surface area (Å²) in [6.45, 7) is 3.13. The molecule has 5 rings (SSSR count). The van der Waals surface area contributed by atoms with Crippen molar-refractivity contribution in [2.45, 2.75) is 45.1 Å². The molecule has 0 fully saturated rings. The molecule has 8 heteroatoms. The largest absolute Gasteiger partial charge is 0.458 e. The molecule has 8 nitrogen and oxygen atoms in total. The molecule has 0 bridgehead atoms. The summed E-state index contributed by atoms with van der Waals surface area (Å²) in [6.07, 6.45) is -1.07. The monoisotopic (exact) mass is 420 g/mol. The predicted molar refractivity (Wildman–Crippen MR) is 111 cm³/mol. The number of aliphatic hydroxyl groups excluding tert-OH is 1. The smallest absolute Gasteiger partial charge is 0.343 e. The van der Waals surface area contributed by atoms with Crippen LogP contribution in [0.25, 0.3) is 22.3 Å². The van der Waals surface area contributed by atoms with Gasteiger partial charge in [0, 0.05) is 22.1 Å². The van der Waals surface area contributed by atoms with Crippen LogP contribution in [0.15, 0.2) is 35.1 Å². The number of ketones is 1. The molecule has 0 saturated carbocycles. The fourth-order valence-corrected chi connectivity index (χ4v) is 4.44. The van der Waals surface area contributed by atoms with E-state index in [0.717, 1.165) is 5.56 Å². The Balaban J connectivity index is 1.75. The molecule has 2 N–H and O–H groups in total.